The summed E-state index contributed by atoms with van der Waals surface area (Å²) >= 11 is 1.53. The Morgan fingerprint density at radius 2 is 1.76 bits per heavy atom. The fourth-order valence-electron chi connectivity index (χ4n) is 3.05. The van der Waals surface area contributed by atoms with Crippen molar-refractivity contribution in [2.75, 3.05) is 13.1 Å². The van der Waals surface area contributed by atoms with Gasteiger partial charge in [0.15, 0.2) is 0 Å². The average molecular weight is 406 g/mol. The van der Waals surface area contributed by atoms with E-state index in [4.69, 9.17) is 0 Å². The predicted molar refractivity (Wildman–Crippen MR) is 116 cm³/mol. The first kappa shape index (κ1) is 19.3. The molecule has 0 saturated heterocycles. The Morgan fingerprint density at radius 3 is 2.62 bits per heavy atom. The van der Waals surface area contributed by atoms with Gasteiger partial charge in [-0.25, -0.2) is 9.97 Å². The van der Waals surface area contributed by atoms with Gasteiger partial charge in [0.05, 0.1) is 16.0 Å². The maximum Gasteiger partial charge on any atom is 0.271 e. The Labute approximate surface area is 173 Å². The summed E-state index contributed by atoms with van der Waals surface area (Å²) in [7, 11) is 0. The van der Waals surface area contributed by atoms with Gasteiger partial charge in [-0.05, 0) is 17.7 Å². The summed E-state index contributed by atoms with van der Waals surface area (Å²) in [6, 6.07) is 17.9. The van der Waals surface area contributed by atoms with Crippen LogP contribution in [-0.2, 0) is 19.4 Å². The molecule has 3 N–H and O–H groups in total. The largest absolute Gasteiger partial charge is 0.347 e. The number of para-hydroxylation sites is 2. The van der Waals surface area contributed by atoms with Gasteiger partial charge in [-0.1, -0.05) is 42.5 Å². The Balaban J connectivity index is 1.17. The summed E-state index contributed by atoms with van der Waals surface area (Å²) in [4.78, 5) is 24.6. The molecule has 2 heterocycles. The molecule has 29 heavy (non-hydrogen) atoms. The highest BCUT2D eigenvalue weighted by atomic mass is 32.1. The number of nitrogens with zero attached hydrogens (tertiary/aromatic N) is 2. The van der Waals surface area contributed by atoms with E-state index in [1.54, 1.807) is 0 Å². The first-order valence-electron chi connectivity index (χ1n) is 9.69. The highest BCUT2D eigenvalue weighted by molar-refractivity contribution is 7.09. The third-order valence-corrected chi connectivity index (χ3v) is 5.48. The second kappa shape index (κ2) is 9.45. The molecular formula is C22H23N5OS. The van der Waals surface area contributed by atoms with Gasteiger partial charge in [-0.2, -0.15) is 0 Å². The van der Waals surface area contributed by atoms with Crippen LogP contribution >= 0.6 is 11.3 Å². The van der Waals surface area contributed by atoms with Crippen molar-refractivity contribution < 1.29 is 4.79 Å². The minimum Gasteiger partial charge on any atom is -0.347 e. The number of aromatic amines is 1. The van der Waals surface area contributed by atoms with Gasteiger partial charge in [0.25, 0.3) is 5.91 Å². The molecule has 0 aliphatic carbocycles. The van der Waals surface area contributed by atoms with Gasteiger partial charge in [0, 0.05) is 37.9 Å². The highest BCUT2D eigenvalue weighted by Crippen LogP contribution is 2.11. The van der Waals surface area contributed by atoms with Crippen LogP contribution in [-0.4, -0.2) is 33.9 Å². The molecule has 0 unspecified atom stereocenters. The van der Waals surface area contributed by atoms with Crippen LogP contribution in [0.3, 0.4) is 0 Å². The number of hydrogen-bond acceptors (Lipinski definition) is 5. The molecule has 0 aliphatic heterocycles. The van der Waals surface area contributed by atoms with Crippen molar-refractivity contribution in [3.63, 3.8) is 0 Å². The van der Waals surface area contributed by atoms with E-state index in [0.29, 0.717) is 12.2 Å². The lowest BCUT2D eigenvalue weighted by atomic mass is 10.2. The summed E-state index contributed by atoms with van der Waals surface area (Å²) < 4.78 is 0. The molecule has 4 rings (SSSR count). The van der Waals surface area contributed by atoms with Crippen molar-refractivity contribution >= 4 is 28.3 Å². The molecule has 7 heteroatoms. The number of H-pyrrole nitrogens is 1. The Hall–Kier alpha value is -3.03. The highest BCUT2D eigenvalue weighted by Gasteiger charge is 2.10. The van der Waals surface area contributed by atoms with Crippen LogP contribution in [0, 0.1) is 0 Å². The maximum atomic E-state index is 12.2. The van der Waals surface area contributed by atoms with Crippen LogP contribution in [0.15, 0.2) is 60.0 Å². The molecule has 2 aromatic heterocycles. The second-order valence-corrected chi connectivity index (χ2v) is 7.69. The van der Waals surface area contributed by atoms with Crippen molar-refractivity contribution in [1.29, 1.82) is 0 Å². The summed E-state index contributed by atoms with van der Waals surface area (Å²) in [5, 5.41) is 9.12. The second-order valence-electron chi connectivity index (χ2n) is 6.75. The number of thiazole rings is 1. The number of rotatable bonds is 9. The normalized spacial score (nSPS) is 11.0. The average Bonchev–Trinajstić information content (AvgIpc) is 3.39. The summed E-state index contributed by atoms with van der Waals surface area (Å²) in [5.74, 6) is 0.861. The van der Waals surface area contributed by atoms with Crippen molar-refractivity contribution in [3.05, 3.63) is 82.1 Å². The first-order chi connectivity index (χ1) is 14.3. The third kappa shape index (κ3) is 5.28. The number of carbonyl (C=O) groups is 1. The third-order valence-electron chi connectivity index (χ3n) is 4.57. The van der Waals surface area contributed by atoms with Gasteiger partial charge >= 0.3 is 0 Å². The smallest absolute Gasteiger partial charge is 0.271 e. The van der Waals surface area contributed by atoms with Gasteiger partial charge in [0.1, 0.15) is 11.5 Å². The number of imidazole rings is 1. The van der Waals surface area contributed by atoms with Gasteiger partial charge in [0.2, 0.25) is 0 Å². The minimum absolute atomic E-state index is 0.130. The molecule has 0 atom stereocenters. The molecule has 0 aliphatic rings. The zero-order chi connectivity index (χ0) is 19.9. The van der Waals surface area contributed by atoms with Crippen LogP contribution < -0.4 is 10.6 Å². The molecular weight excluding hydrogens is 382 g/mol. The number of benzene rings is 2. The predicted octanol–water partition coefficient (Wildman–Crippen LogP) is 3.32. The van der Waals surface area contributed by atoms with Crippen LogP contribution in [0.4, 0.5) is 0 Å². The minimum atomic E-state index is -0.130. The van der Waals surface area contributed by atoms with Crippen LogP contribution in [0.2, 0.25) is 0 Å². The standard InChI is InChI=1S/C22H23N5OS/c28-22(24-14-16-6-2-1-3-7-16)19-15-29-21(27-19)11-13-23-12-10-20-25-17-8-4-5-9-18(17)26-20/h1-9,15,23H,10-14H2,(H,24,28)(H,25,26). The Kier molecular flexibility index (Phi) is 6.29. The number of fused-ring (bicyclic) bond motifs is 1. The van der Waals surface area contributed by atoms with Gasteiger partial charge in [-0.3, -0.25) is 4.79 Å². The van der Waals surface area contributed by atoms with Crippen molar-refractivity contribution in [3.8, 4) is 0 Å². The molecule has 0 bridgehead atoms. The SMILES string of the molecule is O=C(NCc1ccccc1)c1csc(CCNCCc2nc3ccccc3[nH]2)n1. The van der Waals surface area contributed by atoms with Crippen LogP contribution in [0.25, 0.3) is 11.0 Å². The number of carbonyl (C=O) groups excluding carboxylic acids is 1. The molecule has 0 saturated carbocycles. The molecule has 2 aromatic carbocycles. The quantitative estimate of drug-likeness (QED) is 0.373. The maximum absolute atomic E-state index is 12.2. The van der Waals surface area contributed by atoms with Crippen LogP contribution in [0.1, 0.15) is 26.9 Å². The van der Waals surface area contributed by atoms with E-state index >= 15 is 0 Å². The first-order valence-corrected chi connectivity index (χ1v) is 10.6. The molecule has 0 spiro atoms. The molecule has 1 amide bonds. The number of nitrogens with one attached hydrogen (secondary N) is 3. The van der Waals surface area contributed by atoms with Crippen molar-refractivity contribution in [2.45, 2.75) is 19.4 Å². The van der Waals surface area contributed by atoms with Gasteiger partial charge in [-0.15, -0.1) is 11.3 Å². The fraction of sp³-hybridized carbons (Fsp3) is 0.227. The molecule has 6 nitrogen and oxygen atoms in total. The number of hydrogen-bond donors (Lipinski definition) is 3. The zero-order valence-corrected chi connectivity index (χ0v) is 16.8. The Morgan fingerprint density at radius 1 is 0.966 bits per heavy atom. The molecule has 0 radical (unpaired) electrons. The van der Waals surface area contributed by atoms with Gasteiger partial charge < -0.3 is 15.6 Å². The summed E-state index contributed by atoms with van der Waals surface area (Å²) in [6.45, 7) is 2.17. The van der Waals surface area contributed by atoms with E-state index in [9.17, 15) is 4.79 Å². The van der Waals surface area contributed by atoms with E-state index in [2.05, 4.69) is 25.6 Å². The van der Waals surface area contributed by atoms with Crippen LogP contribution in [0.5, 0.6) is 0 Å². The van der Waals surface area contributed by atoms with Crippen molar-refractivity contribution in [1.82, 2.24) is 25.6 Å². The summed E-state index contributed by atoms with van der Waals surface area (Å²) in [5.41, 5.74) is 3.64. The van der Waals surface area contributed by atoms with Crippen molar-refractivity contribution in [2.24, 2.45) is 0 Å². The molecule has 0 fully saturated rings. The monoisotopic (exact) mass is 405 g/mol. The van der Waals surface area contributed by atoms with E-state index in [1.165, 1.54) is 11.3 Å². The lowest BCUT2D eigenvalue weighted by molar-refractivity contribution is 0.0946. The molecule has 4 aromatic rings. The molecule has 148 valence electrons. The van der Waals surface area contributed by atoms with E-state index in [1.807, 2.05) is 60.0 Å². The van der Waals surface area contributed by atoms with E-state index in [0.717, 1.165) is 53.4 Å². The topological polar surface area (TPSA) is 82.7 Å². The lowest BCUT2D eigenvalue weighted by Gasteiger charge is -2.03. The van der Waals surface area contributed by atoms with E-state index < -0.39 is 0 Å². The summed E-state index contributed by atoms with van der Waals surface area (Å²) in [6.07, 6.45) is 1.65. The number of amides is 1. The fourth-order valence-corrected chi connectivity index (χ4v) is 3.83. The lowest BCUT2D eigenvalue weighted by Crippen LogP contribution is -2.23. The Bertz CT molecular complexity index is 1040. The zero-order valence-electron chi connectivity index (χ0n) is 16.0. The van der Waals surface area contributed by atoms with E-state index in [-0.39, 0.29) is 5.91 Å². The number of aromatic nitrogens is 3.